The zero-order chi connectivity index (χ0) is 24.2. The average molecular weight is 469 g/mol. The number of aliphatic hydroxyl groups is 1. The van der Waals surface area contributed by atoms with Crippen LogP contribution in [0.15, 0.2) is 48.0 Å². The summed E-state index contributed by atoms with van der Waals surface area (Å²) in [6, 6.07) is 9.99. The lowest BCUT2D eigenvalue weighted by Gasteiger charge is -2.29. The zero-order valence-corrected chi connectivity index (χ0v) is 19.4. The third kappa shape index (κ3) is 4.83. The molecule has 0 radical (unpaired) electrons. The van der Waals surface area contributed by atoms with Gasteiger partial charge in [0, 0.05) is 31.7 Å². The molecule has 2 aliphatic rings. The van der Waals surface area contributed by atoms with Gasteiger partial charge in [-0.1, -0.05) is 12.1 Å². The molecular weight excluding hydrogens is 439 g/mol. The molecule has 4 rings (SSSR count). The largest absolute Gasteiger partial charge is 0.507 e. The Morgan fingerprint density at radius 1 is 1.12 bits per heavy atom. The number of amides is 1. The van der Waals surface area contributed by atoms with Gasteiger partial charge in [-0.15, -0.1) is 0 Å². The van der Waals surface area contributed by atoms with Crippen LogP contribution < -0.4 is 4.74 Å². The first-order valence-electron chi connectivity index (χ1n) is 11.4. The summed E-state index contributed by atoms with van der Waals surface area (Å²) >= 11 is 0. The summed E-state index contributed by atoms with van der Waals surface area (Å²) in [5, 5.41) is 11.2. The number of hydrogen-bond donors (Lipinski definition) is 1. The van der Waals surface area contributed by atoms with E-state index < -0.39 is 23.5 Å². The Kier molecular flexibility index (Phi) is 7.29. The van der Waals surface area contributed by atoms with E-state index in [-0.39, 0.29) is 11.3 Å². The number of aliphatic hydroxyl groups excluding tert-OH is 1. The van der Waals surface area contributed by atoms with E-state index in [9.17, 15) is 19.1 Å². The molecule has 0 aliphatic carbocycles. The molecule has 0 unspecified atom stereocenters. The maximum Gasteiger partial charge on any atom is 0.295 e. The number of benzene rings is 2. The standard InChI is InChI=1S/C26H29FN2O5/c1-17-16-20(33-2)8-9-21(17)24(30)22-23(18-4-6-19(27)7-5-18)29(26(32)25(22)31)11-3-10-28-12-14-34-15-13-28/h4-9,16,23,30H,3,10-15H2,1-2H3/b24-22+/t23-/m0/s1. The summed E-state index contributed by atoms with van der Waals surface area (Å²) in [6.45, 7) is 5.92. The molecule has 2 saturated heterocycles. The Labute approximate surface area is 198 Å². The fourth-order valence-electron chi connectivity index (χ4n) is 4.57. The summed E-state index contributed by atoms with van der Waals surface area (Å²) in [5.41, 5.74) is 1.73. The number of ether oxygens (including phenoxy) is 2. The second kappa shape index (κ2) is 10.4. The molecule has 2 aromatic carbocycles. The monoisotopic (exact) mass is 468 g/mol. The molecule has 1 atom stereocenters. The molecule has 1 N–H and O–H groups in total. The van der Waals surface area contributed by atoms with Crippen LogP contribution in [0.1, 0.15) is 29.2 Å². The van der Waals surface area contributed by atoms with Gasteiger partial charge in [-0.2, -0.15) is 0 Å². The number of hydrogen-bond acceptors (Lipinski definition) is 6. The van der Waals surface area contributed by atoms with E-state index in [0.717, 1.165) is 19.6 Å². The SMILES string of the molecule is COc1ccc(/C(O)=C2\C(=O)C(=O)N(CCCN3CCOCC3)[C@H]2c2ccc(F)cc2)c(C)c1. The van der Waals surface area contributed by atoms with Gasteiger partial charge in [-0.3, -0.25) is 14.5 Å². The van der Waals surface area contributed by atoms with Crippen molar-refractivity contribution in [3.05, 3.63) is 70.5 Å². The number of methoxy groups -OCH3 is 1. The summed E-state index contributed by atoms with van der Waals surface area (Å²) in [7, 11) is 1.55. The van der Waals surface area contributed by atoms with Gasteiger partial charge in [0.15, 0.2) is 0 Å². The lowest BCUT2D eigenvalue weighted by Crippen LogP contribution is -2.38. The number of likely N-dealkylation sites (tertiary alicyclic amines) is 1. The van der Waals surface area contributed by atoms with Crippen molar-refractivity contribution in [1.29, 1.82) is 0 Å². The third-order valence-corrected chi connectivity index (χ3v) is 6.39. The Hall–Kier alpha value is -3.23. The van der Waals surface area contributed by atoms with Gasteiger partial charge in [0.25, 0.3) is 11.7 Å². The van der Waals surface area contributed by atoms with Gasteiger partial charge >= 0.3 is 0 Å². The van der Waals surface area contributed by atoms with Gasteiger partial charge in [0.1, 0.15) is 17.3 Å². The fourth-order valence-corrected chi connectivity index (χ4v) is 4.57. The maximum atomic E-state index is 13.6. The number of Topliss-reactive ketones (excluding diaryl/α,β-unsaturated/α-hetero) is 1. The summed E-state index contributed by atoms with van der Waals surface area (Å²) in [5.74, 6) is -1.45. The lowest BCUT2D eigenvalue weighted by molar-refractivity contribution is -0.140. The van der Waals surface area contributed by atoms with Crippen LogP contribution in [0.5, 0.6) is 5.75 Å². The number of nitrogens with zero attached hydrogens (tertiary/aromatic N) is 2. The highest BCUT2D eigenvalue weighted by Gasteiger charge is 2.46. The van der Waals surface area contributed by atoms with E-state index in [0.29, 0.717) is 48.6 Å². The van der Waals surface area contributed by atoms with Crippen LogP contribution >= 0.6 is 0 Å². The molecule has 2 heterocycles. The van der Waals surface area contributed by atoms with Crippen LogP contribution in [-0.4, -0.2) is 73.1 Å². The molecule has 0 bridgehead atoms. The van der Waals surface area contributed by atoms with Crippen molar-refractivity contribution in [2.75, 3.05) is 46.5 Å². The molecule has 0 saturated carbocycles. The second-order valence-corrected chi connectivity index (χ2v) is 8.53. The molecule has 34 heavy (non-hydrogen) atoms. The van der Waals surface area contributed by atoms with Gasteiger partial charge in [-0.25, -0.2) is 4.39 Å². The quantitative estimate of drug-likeness (QED) is 0.382. The molecule has 180 valence electrons. The van der Waals surface area contributed by atoms with Crippen LogP contribution in [0.3, 0.4) is 0 Å². The van der Waals surface area contributed by atoms with E-state index in [1.807, 2.05) is 0 Å². The number of ketones is 1. The van der Waals surface area contributed by atoms with Crippen molar-refractivity contribution in [1.82, 2.24) is 9.80 Å². The van der Waals surface area contributed by atoms with E-state index in [2.05, 4.69) is 4.90 Å². The minimum absolute atomic E-state index is 0.0104. The van der Waals surface area contributed by atoms with Crippen LogP contribution in [-0.2, 0) is 14.3 Å². The molecule has 2 aliphatic heterocycles. The van der Waals surface area contributed by atoms with Crippen LogP contribution in [0.25, 0.3) is 5.76 Å². The van der Waals surface area contributed by atoms with Crippen LogP contribution in [0, 0.1) is 12.7 Å². The van der Waals surface area contributed by atoms with Crippen molar-refractivity contribution < 1.29 is 28.6 Å². The van der Waals surface area contributed by atoms with E-state index in [1.54, 1.807) is 44.4 Å². The Morgan fingerprint density at radius 2 is 1.82 bits per heavy atom. The first kappa shape index (κ1) is 23.9. The molecule has 0 aromatic heterocycles. The summed E-state index contributed by atoms with van der Waals surface area (Å²) in [4.78, 5) is 30.0. The minimum Gasteiger partial charge on any atom is -0.507 e. The zero-order valence-electron chi connectivity index (χ0n) is 19.4. The van der Waals surface area contributed by atoms with Crippen LogP contribution in [0.4, 0.5) is 4.39 Å². The predicted octanol–water partition coefficient (Wildman–Crippen LogP) is 3.29. The van der Waals surface area contributed by atoms with Crippen molar-refractivity contribution >= 4 is 17.4 Å². The van der Waals surface area contributed by atoms with Crippen molar-refractivity contribution in [3.63, 3.8) is 0 Å². The van der Waals surface area contributed by atoms with E-state index >= 15 is 0 Å². The van der Waals surface area contributed by atoms with Gasteiger partial charge < -0.3 is 19.5 Å². The number of halogens is 1. The maximum absolute atomic E-state index is 13.6. The summed E-state index contributed by atoms with van der Waals surface area (Å²) in [6.07, 6.45) is 0.659. The van der Waals surface area contributed by atoms with Crippen molar-refractivity contribution in [2.24, 2.45) is 0 Å². The second-order valence-electron chi connectivity index (χ2n) is 8.53. The van der Waals surface area contributed by atoms with Gasteiger partial charge in [0.05, 0.1) is 31.9 Å². The van der Waals surface area contributed by atoms with Crippen molar-refractivity contribution in [3.8, 4) is 5.75 Å². The highest BCUT2D eigenvalue weighted by Crippen LogP contribution is 2.40. The summed E-state index contributed by atoms with van der Waals surface area (Å²) < 4.78 is 24.3. The molecule has 7 nitrogen and oxygen atoms in total. The number of carbonyl (C=O) groups excluding carboxylic acids is 2. The number of aryl methyl sites for hydroxylation is 1. The van der Waals surface area contributed by atoms with E-state index in [4.69, 9.17) is 9.47 Å². The average Bonchev–Trinajstić information content (AvgIpc) is 3.09. The minimum atomic E-state index is -0.799. The van der Waals surface area contributed by atoms with Crippen molar-refractivity contribution in [2.45, 2.75) is 19.4 Å². The van der Waals surface area contributed by atoms with E-state index in [1.165, 1.54) is 17.0 Å². The normalized spacial score (nSPS) is 20.7. The molecule has 2 aromatic rings. The highest BCUT2D eigenvalue weighted by atomic mass is 19.1. The Balaban J connectivity index is 1.69. The first-order chi connectivity index (χ1) is 16.4. The third-order valence-electron chi connectivity index (χ3n) is 6.39. The molecule has 8 heteroatoms. The Bertz CT molecular complexity index is 1090. The van der Waals surface area contributed by atoms with Gasteiger partial charge in [0.2, 0.25) is 0 Å². The molecule has 2 fully saturated rings. The van der Waals surface area contributed by atoms with Gasteiger partial charge in [-0.05, 0) is 54.8 Å². The molecular formula is C26H29FN2O5. The van der Waals surface area contributed by atoms with Crippen LogP contribution in [0.2, 0.25) is 0 Å². The fraction of sp³-hybridized carbons (Fsp3) is 0.385. The highest BCUT2D eigenvalue weighted by molar-refractivity contribution is 6.46. The molecule has 1 amide bonds. The first-order valence-corrected chi connectivity index (χ1v) is 11.4. The lowest BCUT2D eigenvalue weighted by atomic mass is 9.94. The number of rotatable bonds is 7. The molecule has 0 spiro atoms. The number of morpholine rings is 1. The topological polar surface area (TPSA) is 79.3 Å². The Morgan fingerprint density at radius 3 is 2.47 bits per heavy atom. The predicted molar refractivity (Wildman–Crippen MR) is 125 cm³/mol. The number of carbonyl (C=O) groups is 2. The smallest absolute Gasteiger partial charge is 0.295 e.